The van der Waals surface area contributed by atoms with E-state index in [1.807, 2.05) is 47.9 Å². The minimum atomic E-state index is -0.312. The van der Waals surface area contributed by atoms with E-state index < -0.39 is 0 Å². The van der Waals surface area contributed by atoms with Crippen molar-refractivity contribution in [2.24, 2.45) is 5.73 Å². The van der Waals surface area contributed by atoms with Crippen LogP contribution >= 0.6 is 11.8 Å². The van der Waals surface area contributed by atoms with Crippen LogP contribution in [0.2, 0.25) is 0 Å². The summed E-state index contributed by atoms with van der Waals surface area (Å²) < 4.78 is 1.86. The number of nitrogens with two attached hydrogens (primary N) is 1. The average Bonchev–Trinajstić information content (AvgIpc) is 2.87. The van der Waals surface area contributed by atoms with E-state index in [0.717, 1.165) is 11.5 Å². The lowest BCUT2D eigenvalue weighted by Gasteiger charge is -2.07. The summed E-state index contributed by atoms with van der Waals surface area (Å²) >= 11 is 1.23. The molecule has 1 heterocycles. The molecule has 0 unspecified atom stereocenters. The van der Waals surface area contributed by atoms with E-state index in [2.05, 4.69) is 10.2 Å². The fourth-order valence-corrected chi connectivity index (χ4v) is 2.75. The molecule has 0 radical (unpaired) electrons. The summed E-state index contributed by atoms with van der Waals surface area (Å²) in [5, 5.41) is 17.7. The van der Waals surface area contributed by atoms with E-state index in [4.69, 9.17) is 11.0 Å². The zero-order chi connectivity index (χ0) is 16.1. The lowest BCUT2D eigenvalue weighted by Crippen LogP contribution is -2.11. The highest BCUT2D eigenvalue weighted by atomic mass is 32.2. The van der Waals surface area contributed by atoms with Crippen molar-refractivity contribution >= 4 is 17.5 Å². The molecule has 2 N–H and O–H groups in total. The molecule has 112 valence electrons. The smallest absolute Gasteiger partial charge is 0.196 e. The fourth-order valence-electron chi connectivity index (χ4n) is 1.88. The Kier molecular flexibility index (Phi) is 4.96. The quantitative estimate of drug-likeness (QED) is 0.515. The number of nitrogens with zero attached hydrogens (tertiary/aromatic N) is 4. The normalized spacial score (nSPS) is 11.7. The molecule has 0 aliphatic rings. The van der Waals surface area contributed by atoms with Gasteiger partial charge in [0.25, 0.3) is 0 Å². The summed E-state index contributed by atoms with van der Waals surface area (Å²) in [6.45, 7) is 3.38. The van der Waals surface area contributed by atoms with Gasteiger partial charge >= 0.3 is 0 Å². The van der Waals surface area contributed by atoms with Crippen molar-refractivity contribution in [3.8, 4) is 11.8 Å². The first-order valence-corrected chi connectivity index (χ1v) is 7.53. The van der Waals surface area contributed by atoms with Crippen molar-refractivity contribution in [2.45, 2.75) is 19.0 Å². The molecule has 6 nitrogen and oxygen atoms in total. The summed E-state index contributed by atoms with van der Waals surface area (Å²) in [5.41, 5.74) is 6.68. The zero-order valence-electron chi connectivity index (χ0n) is 12.3. The Morgan fingerprint density at radius 3 is 2.64 bits per heavy atom. The molecule has 0 spiro atoms. The molecule has 22 heavy (non-hydrogen) atoms. The maximum Gasteiger partial charge on any atom is 0.196 e. The number of hydrogen-bond donors (Lipinski definition) is 1. The lowest BCUT2D eigenvalue weighted by molar-refractivity contribution is -0.112. The Morgan fingerprint density at radius 1 is 1.36 bits per heavy atom. The molecule has 0 fully saturated rings. The van der Waals surface area contributed by atoms with Crippen molar-refractivity contribution in [3.05, 3.63) is 47.4 Å². The summed E-state index contributed by atoms with van der Waals surface area (Å²) in [5.74, 6) is 0.502. The summed E-state index contributed by atoms with van der Waals surface area (Å²) in [6.07, 6.45) is 0. The van der Waals surface area contributed by atoms with Gasteiger partial charge in [0.1, 0.15) is 17.5 Å². The molecule has 0 saturated heterocycles. The highest BCUT2D eigenvalue weighted by molar-refractivity contribution is 7.99. The molecule has 0 aliphatic heterocycles. The van der Waals surface area contributed by atoms with Crippen LogP contribution in [0.25, 0.3) is 5.69 Å². The third-order valence-corrected chi connectivity index (χ3v) is 3.86. The molecule has 7 heteroatoms. The van der Waals surface area contributed by atoms with Gasteiger partial charge in [0.2, 0.25) is 0 Å². The van der Waals surface area contributed by atoms with Crippen molar-refractivity contribution in [1.29, 1.82) is 5.26 Å². The minimum absolute atomic E-state index is 0.00463. The van der Waals surface area contributed by atoms with Crippen LogP contribution in [-0.2, 0) is 4.79 Å². The number of nitriles is 1. The Hall–Kier alpha value is -2.59. The number of Topliss-reactive ketones (excluding diaryl/α,β-unsaturated/α-hetero) is 1. The van der Waals surface area contributed by atoms with Gasteiger partial charge < -0.3 is 5.73 Å². The number of carbonyl (C=O) groups is 1. The standard InChI is InChI=1S/C15H15N5OS/c1-10(17)13(8-16)14(21)9-22-15-19-18-11(2)20(15)12-6-4-3-5-7-12/h3-7H,9,17H2,1-2H3. The number of carbonyl (C=O) groups excluding carboxylic acids is 1. The fraction of sp³-hybridized carbons (Fsp3) is 0.200. The topological polar surface area (TPSA) is 97.6 Å². The van der Waals surface area contributed by atoms with E-state index >= 15 is 0 Å². The van der Waals surface area contributed by atoms with Crippen LogP contribution in [0.1, 0.15) is 12.7 Å². The van der Waals surface area contributed by atoms with Gasteiger partial charge in [-0.1, -0.05) is 30.0 Å². The Morgan fingerprint density at radius 2 is 2.05 bits per heavy atom. The first kappa shape index (κ1) is 15.8. The number of benzene rings is 1. The highest BCUT2D eigenvalue weighted by Gasteiger charge is 2.16. The Bertz CT molecular complexity index is 754. The van der Waals surface area contributed by atoms with Crippen LogP contribution in [0, 0.1) is 18.3 Å². The second kappa shape index (κ2) is 6.91. The maximum absolute atomic E-state index is 12.0. The Labute approximate surface area is 132 Å². The van der Waals surface area contributed by atoms with Gasteiger partial charge in [-0.3, -0.25) is 9.36 Å². The molecule has 0 saturated carbocycles. The SMILES string of the molecule is CC(N)=C(C#N)C(=O)CSc1nnc(C)n1-c1ccccc1. The monoisotopic (exact) mass is 313 g/mol. The second-order valence-corrected chi connectivity index (χ2v) is 5.52. The van der Waals surface area contributed by atoms with Gasteiger partial charge in [0, 0.05) is 11.4 Å². The molecule has 0 bridgehead atoms. The van der Waals surface area contributed by atoms with Crippen molar-refractivity contribution in [2.75, 3.05) is 5.75 Å². The van der Waals surface area contributed by atoms with Gasteiger partial charge in [-0.25, -0.2) is 0 Å². The predicted molar refractivity (Wildman–Crippen MR) is 84.3 cm³/mol. The molecule has 2 rings (SSSR count). The summed E-state index contributed by atoms with van der Waals surface area (Å²) in [7, 11) is 0. The number of aromatic nitrogens is 3. The zero-order valence-corrected chi connectivity index (χ0v) is 13.1. The van der Waals surface area contributed by atoms with Gasteiger partial charge in [-0.05, 0) is 26.0 Å². The van der Waals surface area contributed by atoms with Gasteiger partial charge in [0.05, 0.1) is 5.75 Å². The van der Waals surface area contributed by atoms with E-state index in [-0.39, 0.29) is 22.8 Å². The van der Waals surface area contributed by atoms with Crippen LogP contribution in [-0.4, -0.2) is 26.3 Å². The van der Waals surface area contributed by atoms with Crippen molar-refractivity contribution in [3.63, 3.8) is 0 Å². The van der Waals surface area contributed by atoms with Crippen LogP contribution < -0.4 is 5.73 Å². The second-order valence-electron chi connectivity index (χ2n) is 4.58. The number of ketones is 1. The van der Waals surface area contributed by atoms with E-state index in [0.29, 0.717) is 5.16 Å². The summed E-state index contributed by atoms with van der Waals surface area (Å²) in [6, 6.07) is 11.5. The number of thioether (sulfide) groups is 1. The van der Waals surface area contributed by atoms with E-state index in [1.54, 1.807) is 0 Å². The van der Waals surface area contributed by atoms with Gasteiger partial charge in [-0.15, -0.1) is 10.2 Å². The molecule has 0 atom stereocenters. The third kappa shape index (κ3) is 3.35. The average molecular weight is 313 g/mol. The van der Waals surface area contributed by atoms with Crippen LogP contribution in [0.3, 0.4) is 0 Å². The Balaban J connectivity index is 2.21. The number of allylic oxidation sites excluding steroid dienone is 2. The predicted octanol–water partition coefficient (Wildman–Crippen LogP) is 1.99. The van der Waals surface area contributed by atoms with E-state index in [1.165, 1.54) is 18.7 Å². The molecule has 0 amide bonds. The first-order chi connectivity index (χ1) is 10.5. The van der Waals surface area contributed by atoms with E-state index in [9.17, 15) is 4.79 Å². The largest absolute Gasteiger partial charge is 0.401 e. The molecule has 2 aromatic rings. The lowest BCUT2D eigenvalue weighted by atomic mass is 10.2. The third-order valence-electron chi connectivity index (χ3n) is 2.93. The van der Waals surface area contributed by atoms with Gasteiger partial charge in [0.15, 0.2) is 10.9 Å². The summed E-state index contributed by atoms with van der Waals surface area (Å²) in [4.78, 5) is 12.0. The van der Waals surface area contributed by atoms with Crippen molar-refractivity contribution < 1.29 is 4.79 Å². The molecule has 1 aromatic carbocycles. The van der Waals surface area contributed by atoms with Gasteiger partial charge in [-0.2, -0.15) is 5.26 Å². The highest BCUT2D eigenvalue weighted by Crippen LogP contribution is 2.22. The molecular weight excluding hydrogens is 298 g/mol. The van der Waals surface area contributed by atoms with Crippen LogP contribution in [0.15, 0.2) is 46.8 Å². The number of rotatable bonds is 5. The molecule has 1 aromatic heterocycles. The molecule has 0 aliphatic carbocycles. The molecular formula is C15H15N5OS. The minimum Gasteiger partial charge on any atom is -0.401 e. The van der Waals surface area contributed by atoms with Crippen LogP contribution in [0.5, 0.6) is 0 Å². The maximum atomic E-state index is 12.0. The van der Waals surface area contributed by atoms with Crippen molar-refractivity contribution in [1.82, 2.24) is 14.8 Å². The number of aryl methyl sites for hydroxylation is 1. The number of hydrogen-bond acceptors (Lipinski definition) is 6. The first-order valence-electron chi connectivity index (χ1n) is 6.54. The van der Waals surface area contributed by atoms with Crippen LogP contribution in [0.4, 0.5) is 0 Å². The number of para-hydroxylation sites is 1.